The summed E-state index contributed by atoms with van der Waals surface area (Å²) in [6.45, 7) is 1.62. The Balaban J connectivity index is 2.85. The van der Waals surface area contributed by atoms with Crippen LogP contribution in [0.25, 0.3) is 0 Å². The SMILES string of the molecule is COc1ccc(C(C)C(=O)O)cn1. The third kappa shape index (κ3) is 2.18. The van der Waals surface area contributed by atoms with Gasteiger partial charge in [-0.1, -0.05) is 6.07 Å². The monoisotopic (exact) mass is 181 g/mol. The number of hydrogen-bond acceptors (Lipinski definition) is 3. The van der Waals surface area contributed by atoms with E-state index in [9.17, 15) is 4.79 Å². The van der Waals surface area contributed by atoms with Crippen LogP contribution in [-0.4, -0.2) is 23.2 Å². The summed E-state index contributed by atoms with van der Waals surface area (Å²) in [6.07, 6.45) is 1.51. The number of nitrogens with zero attached hydrogens (tertiary/aromatic N) is 1. The average Bonchev–Trinajstić information content (AvgIpc) is 2.17. The predicted molar refractivity (Wildman–Crippen MR) is 46.8 cm³/mol. The van der Waals surface area contributed by atoms with Gasteiger partial charge in [-0.3, -0.25) is 4.79 Å². The molecule has 1 heterocycles. The van der Waals surface area contributed by atoms with Gasteiger partial charge in [-0.15, -0.1) is 0 Å². The standard InChI is InChI=1S/C9H11NO3/c1-6(9(11)12)7-3-4-8(13-2)10-5-7/h3-6H,1-2H3,(H,11,12). The Labute approximate surface area is 76.2 Å². The molecule has 0 saturated heterocycles. The van der Waals surface area contributed by atoms with Gasteiger partial charge in [-0.2, -0.15) is 0 Å². The molecule has 1 N–H and O–H groups in total. The zero-order valence-electron chi connectivity index (χ0n) is 7.52. The van der Waals surface area contributed by atoms with E-state index >= 15 is 0 Å². The Morgan fingerprint density at radius 1 is 1.62 bits per heavy atom. The lowest BCUT2D eigenvalue weighted by molar-refractivity contribution is -0.138. The van der Waals surface area contributed by atoms with Crippen LogP contribution in [0.2, 0.25) is 0 Å². The van der Waals surface area contributed by atoms with Crippen molar-refractivity contribution >= 4 is 5.97 Å². The zero-order valence-corrected chi connectivity index (χ0v) is 7.52. The van der Waals surface area contributed by atoms with Crippen molar-refractivity contribution in [3.63, 3.8) is 0 Å². The van der Waals surface area contributed by atoms with Gasteiger partial charge in [-0.25, -0.2) is 4.98 Å². The Morgan fingerprint density at radius 2 is 2.31 bits per heavy atom. The van der Waals surface area contributed by atoms with Crippen LogP contribution in [0.3, 0.4) is 0 Å². The Hall–Kier alpha value is -1.58. The summed E-state index contributed by atoms with van der Waals surface area (Å²) in [4.78, 5) is 14.5. The first kappa shape index (κ1) is 9.51. The molecular weight excluding hydrogens is 170 g/mol. The molecule has 0 saturated carbocycles. The van der Waals surface area contributed by atoms with E-state index in [0.29, 0.717) is 11.4 Å². The molecule has 1 rings (SSSR count). The fourth-order valence-electron chi connectivity index (χ4n) is 0.911. The van der Waals surface area contributed by atoms with E-state index in [-0.39, 0.29) is 0 Å². The fourth-order valence-corrected chi connectivity index (χ4v) is 0.911. The number of aliphatic carboxylic acids is 1. The van der Waals surface area contributed by atoms with Crippen molar-refractivity contribution in [2.75, 3.05) is 7.11 Å². The third-order valence-corrected chi connectivity index (χ3v) is 1.84. The minimum absolute atomic E-state index is 0.487. The van der Waals surface area contributed by atoms with E-state index < -0.39 is 11.9 Å². The smallest absolute Gasteiger partial charge is 0.310 e. The second-order valence-electron chi connectivity index (χ2n) is 2.69. The summed E-state index contributed by atoms with van der Waals surface area (Å²) >= 11 is 0. The van der Waals surface area contributed by atoms with Crippen LogP contribution in [0.1, 0.15) is 18.4 Å². The second-order valence-corrected chi connectivity index (χ2v) is 2.69. The van der Waals surface area contributed by atoms with Crippen molar-refractivity contribution in [3.8, 4) is 5.88 Å². The first-order valence-corrected chi connectivity index (χ1v) is 3.88. The van der Waals surface area contributed by atoms with Gasteiger partial charge >= 0.3 is 5.97 Å². The lowest BCUT2D eigenvalue weighted by Crippen LogP contribution is -2.07. The maximum Gasteiger partial charge on any atom is 0.310 e. The summed E-state index contributed by atoms with van der Waals surface area (Å²) in [5.74, 6) is -0.897. The number of rotatable bonds is 3. The molecule has 0 radical (unpaired) electrons. The number of pyridine rings is 1. The molecular formula is C9H11NO3. The third-order valence-electron chi connectivity index (χ3n) is 1.84. The van der Waals surface area contributed by atoms with Crippen LogP contribution in [-0.2, 0) is 4.79 Å². The molecule has 1 unspecified atom stereocenters. The molecule has 0 aromatic carbocycles. The van der Waals surface area contributed by atoms with E-state index in [2.05, 4.69) is 4.98 Å². The number of carboxylic acids is 1. The quantitative estimate of drug-likeness (QED) is 0.763. The summed E-state index contributed by atoms with van der Waals surface area (Å²) in [5.41, 5.74) is 0.674. The average molecular weight is 181 g/mol. The minimum Gasteiger partial charge on any atom is -0.481 e. The molecule has 70 valence electrons. The van der Waals surface area contributed by atoms with Gasteiger partial charge in [0.1, 0.15) is 0 Å². The van der Waals surface area contributed by atoms with Crippen LogP contribution in [0.15, 0.2) is 18.3 Å². The molecule has 0 aliphatic carbocycles. The van der Waals surface area contributed by atoms with Crippen LogP contribution in [0, 0.1) is 0 Å². The van der Waals surface area contributed by atoms with Gasteiger partial charge in [0.15, 0.2) is 0 Å². The molecule has 0 aliphatic rings. The largest absolute Gasteiger partial charge is 0.481 e. The Kier molecular flexibility index (Phi) is 2.84. The van der Waals surface area contributed by atoms with Crippen LogP contribution >= 0.6 is 0 Å². The highest BCUT2D eigenvalue weighted by Gasteiger charge is 2.13. The summed E-state index contributed by atoms with van der Waals surface area (Å²) in [5, 5.41) is 8.70. The fraction of sp³-hybridized carbons (Fsp3) is 0.333. The van der Waals surface area contributed by atoms with Crippen molar-refractivity contribution < 1.29 is 14.6 Å². The molecule has 0 aliphatic heterocycles. The van der Waals surface area contributed by atoms with Gasteiger partial charge in [0.05, 0.1) is 13.0 Å². The normalized spacial score (nSPS) is 12.2. The highest BCUT2D eigenvalue weighted by Crippen LogP contribution is 2.16. The van der Waals surface area contributed by atoms with E-state index in [4.69, 9.17) is 9.84 Å². The van der Waals surface area contributed by atoms with Crippen molar-refractivity contribution in [3.05, 3.63) is 23.9 Å². The maximum atomic E-state index is 10.6. The van der Waals surface area contributed by atoms with E-state index in [1.165, 1.54) is 13.3 Å². The molecule has 0 bridgehead atoms. The summed E-state index contributed by atoms with van der Waals surface area (Å²) in [6, 6.07) is 3.35. The van der Waals surface area contributed by atoms with Crippen molar-refractivity contribution in [1.29, 1.82) is 0 Å². The van der Waals surface area contributed by atoms with Crippen LogP contribution < -0.4 is 4.74 Å². The first-order chi connectivity index (χ1) is 6.15. The molecule has 0 amide bonds. The lowest BCUT2D eigenvalue weighted by Gasteiger charge is -2.05. The van der Waals surface area contributed by atoms with Gasteiger partial charge in [-0.05, 0) is 12.5 Å². The van der Waals surface area contributed by atoms with Crippen molar-refractivity contribution in [2.45, 2.75) is 12.8 Å². The molecule has 4 heteroatoms. The topological polar surface area (TPSA) is 59.4 Å². The minimum atomic E-state index is -0.855. The van der Waals surface area contributed by atoms with E-state index in [0.717, 1.165) is 0 Å². The van der Waals surface area contributed by atoms with Crippen molar-refractivity contribution in [1.82, 2.24) is 4.98 Å². The number of hydrogen-bond donors (Lipinski definition) is 1. The number of carbonyl (C=O) groups is 1. The van der Waals surface area contributed by atoms with Crippen molar-refractivity contribution in [2.24, 2.45) is 0 Å². The first-order valence-electron chi connectivity index (χ1n) is 3.88. The van der Waals surface area contributed by atoms with Crippen LogP contribution in [0.4, 0.5) is 0 Å². The number of methoxy groups -OCH3 is 1. The molecule has 1 atom stereocenters. The number of ether oxygens (including phenoxy) is 1. The zero-order chi connectivity index (χ0) is 9.84. The van der Waals surface area contributed by atoms with E-state index in [1.54, 1.807) is 19.1 Å². The van der Waals surface area contributed by atoms with Gasteiger partial charge < -0.3 is 9.84 Å². The van der Waals surface area contributed by atoms with Gasteiger partial charge in [0.2, 0.25) is 5.88 Å². The summed E-state index contributed by atoms with van der Waals surface area (Å²) in [7, 11) is 1.52. The second kappa shape index (κ2) is 3.89. The number of aromatic nitrogens is 1. The number of carboxylic acid groups (broad SMARTS) is 1. The van der Waals surface area contributed by atoms with E-state index in [1.807, 2.05) is 0 Å². The Bertz CT molecular complexity index is 294. The highest BCUT2D eigenvalue weighted by molar-refractivity contribution is 5.75. The molecule has 0 fully saturated rings. The predicted octanol–water partition coefficient (Wildman–Crippen LogP) is 1.28. The molecule has 1 aromatic heterocycles. The molecule has 1 aromatic rings. The molecule has 0 spiro atoms. The molecule has 13 heavy (non-hydrogen) atoms. The Morgan fingerprint density at radius 3 is 2.69 bits per heavy atom. The lowest BCUT2D eigenvalue weighted by atomic mass is 10.0. The maximum absolute atomic E-state index is 10.6. The molecule has 4 nitrogen and oxygen atoms in total. The summed E-state index contributed by atoms with van der Waals surface area (Å²) < 4.78 is 4.85. The van der Waals surface area contributed by atoms with Gasteiger partial charge in [0.25, 0.3) is 0 Å². The van der Waals surface area contributed by atoms with Gasteiger partial charge in [0, 0.05) is 12.3 Å². The highest BCUT2D eigenvalue weighted by atomic mass is 16.5. The van der Waals surface area contributed by atoms with Crippen LogP contribution in [0.5, 0.6) is 5.88 Å².